The number of hydrogen-bond donors (Lipinski definition) is 2. The van der Waals surface area contributed by atoms with Gasteiger partial charge in [-0.15, -0.1) is 0 Å². The fraction of sp³-hybridized carbons (Fsp3) is 0.409. The van der Waals surface area contributed by atoms with Crippen LogP contribution in [0.15, 0.2) is 40.9 Å². The van der Waals surface area contributed by atoms with Crippen molar-refractivity contribution in [3.8, 4) is 5.75 Å². The van der Waals surface area contributed by atoms with Gasteiger partial charge in [0.25, 0.3) is 5.91 Å². The molecule has 2 atom stereocenters. The molecule has 3 N–H and O–H groups in total. The van der Waals surface area contributed by atoms with Crippen LogP contribution in [0.3, 0.4) is 0 Å². The number of nitrogens with two attached hydrogens (primary N) is 1. The summed E-state index contributed by atoms with van der Waals surface area (Å²) in [6.07, 6.45) is 4.23. The molecule has 0 aromatic heterocycles. The number of methoxy groups -OCH3 is 1. The molecular weight excluding hydrogens is 454 g/mol. The Bertz CT molecular complexity index is 909. The van der Waals surface area contributed by atoms with Crippen LogP contribution in [0, 0.1) is 0 Å². The molecule has 154 valence electrons. The summed E-state index contributed by atoms with van der Waals surface area (Å²) in [6.45, 7) is 0.869. The Morgan fingerprint density at radius 2 is 1.97 bits per heavy atom. The molecule has 2 aromatic rings. The monoisotopic (exact) mass is 477 g/mol. The second-order valence-corrected chi connectivity index (χ2v) is 9.13. The second-order valence-electron chi connectivity index (χ2n) is 7.86. The van der Waals surface area contributed by atoms with Gasteiger partial charge in [-0.05, 0) is 59.3 Å². The largest absolute Gasteiger partial charge is 0.496 e. The van der Waals surface area contributed by atoms with Gasteiger partial charge in [-0.3, -0.25) is 9.69 Å². The lowest BCUT2D eigenvalue weighted by Gasteiger charge is -2.39. The molecule has 4 rings (SSSR count). The van der Waals surface area contributed by atoms with Crippen LogP contribution >= 0.6 is 27.5 Å². The van der Waals surface area contributed by atoms with Crippen LogP contribution in [-0.2, 0) is 6.54 Å². The van der Waals surface area contributed by atoms with E-state index in [0.717, 1.165) is 37.3 Å². The number of rotatable bonds is 5. The molecular formula is C22H25BrClN3O2. The third-order valence-corrected chi connectivity index (χ3v) is 7.15. The van der Waals surface area contributed by atoms with Crippen LogP contribution in [0.4, 0.5) is 5.69 Å². The molecule has 2 aliphatic rings. The molecule has 1 amide bonds. The zero-order valence-corrected chi connectivity index (χ0v) is 18.7. The topological polar surface area (TPSA) is 67.6 Å². The van der Waals surface area contributed by atoms with E-state index in [2.05, 4.69) is 32.2 Å². The van der Waals surface area contributed by atoms with Crippen molar-refractivity contribution >= 4 is 39.1 Å². The number of anilines is 1. The summed E-state index contributed by atoms with van der Waals surface area (Å²) in [5.41, 5.74) is 8.13. The van der Waals surface area contributed by atoms with Crippen LogP contribution < -0.4 is 15.8 Å². The molecule has 0 aliphatic carbocycles. The highest BCUT2D eigenvalue weighted by Gasteiger charge is 2.41. The summed E-state index contributed by atoms with van der Waals surface area (Å²) in [5, 5.41) is 4.04. The molecule has 5 nitrogen and oxygen atoms in total. The summed E-state index contributed by atoms with van der Waals surface area (Å²) in [7, 11) is 1.55. The smallest absolute Gasteiger partial charge is 0.255 e. The van der Waals surface area contributed by atoms with Gasteiger partial charge in [-0.2, -0.15) is 0 Å². The van der Waals surface area contributed by atoms with Gasteiger partial charge in [-0.1, -0.05) is 29.8 Å². The molecule has 0 spiro atoms. The molecule has 2 saturated heterocycles. The second kappa shape index (κ2) is 8.54. The van der Waals surface area contributed by atoms with Crippen molar-refractivity contribution in [1.82, 2.24) is 10.2 Å². The average Bonchev–Trinajstić information content (AvgIpc) is 2.93. The molecule has 0 radical (unpaired) electrons. The predicted molar refractivity (Wildman–Crippen MR) is 119 cm³/mol. The summed E-state index contributed by atoms with van der Waals surface area (Å²) in [5.74, 6) is 0.369. The number of fused-ring (bicyclic) bond motifs is 2. The number of nitrogen functional groups attached to an aromatic ring is 1. The molecule has 2 fully saturated rings. The Morgan fingerprint density at radius 3 is 2.62 bits per heavy atom. The molecule has 2 aromatic carbocycles. The van der Waals surface area contributed by atoms with Gasteiger partial charge in [-0.25, -0.2) is 0 Å². The molecule has 7 heteroatoms. The van der Waals surface area contributed by atoms with Crippen molar-refractivity contribution < 1.29 is 9.53 Å². The van der Waals surface area contributed by atoms with Crippen molar-refractivity contribution in [2.75, 3.05) is 12.8 Å². The van der Waals surface area contributed by atoms with E-state index in [1.54, 1.807) is 19.2 Å². The van der Waals surface area contributed by atoms with E-state index in [4.69, 9.17) is 22.1 Å². The third-order valence-electron chi connectivity index (χ3n) is 6.09. The maximum absolute atomic E-state index is 12.9. The van der Waals surface area contributed by atoms with Crippen molar-refractivity contribution in [1.29, 1.82) is 0 Å². The standard InChI is InChI=1S/C22H25BrClN3O2/c1-29-21-11-20(25)18(23)10-17(21)22(28)26-14-8-15-6-7-16(9-14)27(15)12-13-4-2-3-5-19(13)24/h2-5,10-11,14-16H,6-9,12,25H2,1H3,(H,26,28). The highest BCUT2D eigenvalue weighted by atomic mass is 79.9. The van der Waals surface area contributed by atoms with Gasteiger partial charge in [0.05, 0.1) is 12.7 Å². The highest BCUT2D eigenvalue weighted by molar-refractivity contribution is 9.10. The molecule has 2 heterocycles. The Balaban J connectivity index is 1.44. The SMILES string of the molecule is COc1cc(N)c(Br)cc1C(=O)NC1CC2CCC(C1)N2Cc1ccccc1Cl. The maximum Gasteiger partial charge on any atom is 0.255 e. The number of carbonyl (C=O) groups is 1. The maximum atomic E-state index is 12.9. The van der Waals surface area contributed by atoms with E-state index in [-0.39, 0.29) is 11.9 Å². The molecule has 2 bridgehead atoms. The third kappa shape index (κ3) is 4.25. The number of amides is 1. The molecule has 29 heavy (non-hydrogen) atoms. The van der Waals surface area contributed by atoms with Crippen LogP contribution in [0.25, 0.3) is 0 Å². The zero-order chi connectivity index (χ0) is 20.5. The Labute approximate surface area is 184 Å². The van der Waals surface area contributed by atoms with Crippen molar-refractivity contribution in [2.45, 2.75) is 50.4 Å². The number of benzene rings is 2. The first-order chi connectivity index (χ1) is 14.0. The number of ether oxygens (including phenoxy) is 1. The number of halogens is 2. The van der Waals surface area contributed by atoms with Gasteiger partial charge in [0, 0.05) is 45.9 Å². The minimum atomic E-state index is -0.119. The van der Waals surface area contributed by atoms with Crippen LogP contribution in [0.5, 0.6) is 5.75 Å². The van der Waals surface area contributed by atoms with E-state index in [1.165, 1.54) is 5.56 Å². The number of nitrogens with one attached hydrogen (secondary N) is 1. The lowest BCUT2D eigenvalue weighted by molar-refractivity contribution is 0.0825. The predicted octanol–water partition coefficient (Wildman–Crippen LogP) is 4.62. The van der Waals surface area contributed by atoms with Gasteiger partial charge in [0.1, 0.15) is 5.75 Å². The summed E-state index contributed by atoms with van der Waals surface area (Å²) >= 11 is 9.77. The Hall–Kier alpha value is -1.76. The summed E-state index contributed by atoms with van der Waals surface area (Å²) in [4.78, 5) is 15.5. The minimum Gasteiger partial charge on any atom is -0.496 e. The van der Waals surface area contributed by atoms with Gasteiger partial charge < -0.3 is 15.8 Å². The fourth-order valence-electron chi connectivity index (χ4n) is 4.65. The van der Waals surface area contributed by atoms with E-state index >= 15 is 0 Å². The number of carbonyl (C=O) groups excluding carboxylic acids is 1. The lowest BCUT2D eigenvalue weighted by Crippen LogP contribution is -2.50. The first kappa shape index (κ1) is 20.5. The quantitative estimate of drug-likeness (QED) is 0.616. The van der Waals surface area contributed by atoms with E-state index < -0.39 is 0 Å². The van der Waals surface area contributed by atoms with Gasteiger partial charge >= 0.3 is 0 Å². The number of nitrogens with zero attached hydrogens (tertiary/aromatic N) is 1. The van der Waals surface area contributed by atoms with Crippen molar-refractivity contribution in [3.63, 3.8) is 0 Å². The summed E-state index contributed by atoms with van der Waals surface area (Å²) in [6, 6.07) is 12.5. The van der Waals surface area contributed by atoms with Crippen LogP contribution in [0.2, 0.25) is 5.02 Å². The van der Waals surface area contributed by atoms with Crippen LogP contribution in [-0.4, -0.2) is 36.0 Å². The first-order valence-electron chi connectivity index (χ1n) is 9.89. The van der Waals surface area contributed by atoms with Crippen molar-refractivity contribution in [3.05, 3.63) is 57.0 Å². The highest BCUT2D eigenvalue weighted by Crippen LogP contribution is 2.38. The van der Waals surface area contributed by atoms with E-state index in [1.807, 2.05) is 18.2 Å². The van der Waals surface area contributed by atoms with Crippen molar-refractivity contribution in [2.24, 2.45) is 0 Å². The fourth-order valence-corrected chi connectivity index (χ4v) is 5.19. The Kier molecular flexibility index (Phi) is 6.04. The summed E-state index contributed by atoms with van der Waals surface area (Å²) < 4.78 is 6.05. The van der Waals surface area contributed by atoms with Gasteiger partial charge in [0.2, 0.25) is 0 Å². The Morgan fingerprint density at radius 1 is 1.28 bits per heavy atom. The van der Waals surface area contributed by atoms with Crippen LogP contribution in [0.1, 0.15) is 41.6 Å². The number of piperidine rings is 1. The normalized spacial score (nSPS) is 23.8. The van der Waals surface area contributed by atoms with E-state index in [9.17, 15) is 4.79 Å². The van der Waals surface area contributed by atoms with E-state index in [0.29, 0.717) is 33.6 Å². The average molecular weight is 479 g/mol. The number of hydrogen-bond acceptors (Lipinski definition) is 4. The van der Waals surface area contributed by atoms with Gasteiger partial charge in [0.15, 0.2) is 0 Å². The zero-order valence-electron chi connectivity index (χ0n) is 16.3. The molecule has 2 unspecified atom stereocenters. The first-order valence-corrected chi connectivity index (χ1v) is 11.1. The molecule has 2 aliphatic heterocycles. The molecule has 0 saturated carbocycles. The minimum absolute atomic E-state index is 0.119. The lowest BCUT2D eigenvalue weighted by atomic mass is 9.96.